The van der Waals surface area contributed by atoms with Gasteiger partial charge < -0.3 is 4.12 Å². The van der Waals surface area contributed by atoms with Crippen LogP contribution in [0.5, 0.6) is 0 Å². The first-order valence-electron chi connectivity index (χ1n) is 3.92. The highest BCUT2D eigenvalue weighted by atomic mass is 28.4. The van der Waals surface area contributed by atoms with Crippen molar-refractivity contribution in [3.63, 3.8) is 0 Å². The molecule has 0 aliphatic carbocycles. The van der Waals surface area contributed by atoms with Crippen molar-refractivity contribution >= 4 is 28.5 Å². The lowest BCUT2D eigenvalue weighted by Gasteiger charge is -2.20. The van der Waals surface area contributed by atoms with Crippen LogP contribution in [0.15, 0.2) is 24.3 Å². The van der Waals surface area contributed by atoms with E-state index in [1.165, 1.54) is 10.4 Å². The zero-order valence-corrected chi connectivity index (χ0v) is 9.34. The zero-order valence-electron chi connectivity index (χ0n) is 6.92. The predicted octanol–water partition coefficient (Wildman–Crippen LogP) is -0.162. The summed E-state index contributed by atoms with van der Waals surface area (Å²) in [6.45, 7) is 4.55. The SMILES string of the molecule is C[Si]1(C)O[SiH2]c2ccc1cc2. The molecule has 0 saturated carbocycles. The molecule has 1 aromatic rings. The van der Waals surface area contributed by atoms with Gasteiger partial charge in [-0.05, 0) is 23.5 Å². The maximum Gasteiger partial charge on any atom is 0.205 e. The third kappa shape index (κ3) is 1.19. The summed E-state index contributed by atoms with van der Waals surface area (Å²) in [7, 11) is -1.84. The lowest BCUT2D eigenvalue weighted by atomic mass is 10.4. The van der Waals surface area contributed by atoms with Crippen molar-refractivity contribution in [2.75, 3.05) is 0 Å². The van der Waals surface area contributed by atoms with Crippen molar-refractivity contribution < 1.29 is 4.12 Å². The first-order valence-corrected chi connectivity index (χ1v) is 8.11. The second kappa shape index (κ2) is 2.30. The van der Waals surface area contributed by atoms with Gasteiger partial charge in [0.05, 0.1) is 0 Å². The molecular weight excluding hydrogens is 168 g/mol. The fourth-order valence-electron chi connectivity index (χ4n) is 1.35. The summed E-state index contributed by atoms with van der Waals surface area (Å²) in [4.78, 5) is 0. The monoisotopic (exact) mass is 180 g/mol. The van der Waals surface area contributed by atoms with Gasteiger partial charge in [0.2, 0.25) is 8.32 Å². The van der Waals surface area contributed by atoms with Gasteiger partial charge in [-0.25, -0.2) is 0 Å². The van der Waals surface area contributed by atoms with Crippen LogP contribution in [0.2, 0.25) is 13.1 Å². The van der Waals surface area contributed by atoms with E-state index in [0.29, 0.717) is 0 Å². The van der Waals surface area contributed by atoms with E-state index in [1.807, 2.05) is 0 Å². The molecule has 0 unspecified atom stereocenters. The van der Waals surface area contributed by atoms with Gasteiger partial charge in [0.1, 0.15) is 0 Å². The summed E-state index contributed by atoms with van der Waals surface area (Å²) in [6, 6.07) is 8.93. The van der Waals surface area contributed by atoms with Gasteiger partial charge in [0, 0.05) is 0 Å². The summed E-state index contributed by atoms with van der Waals surface area (Å²) < 4.78 is 5.96. The maximum absolute atomic E-state index is 5.96. The Morgan fingerprint density at radius 2 is 1.82 bits per heavy atom. The minimum atomic E-state index is -1.44. The van der Waals surface area contributed by atoms with Crippen LogP contribution in [0.4, 0.5) is 0 Å². The minimum absolute atomic E-state index is 0.391. The molecule has 0 atom stereocenters. The van der Waals surface area contributed by atoms with Crippen LogP contribution >= 0.6 is 0 Å². The molecule has 3 heteroatoms. The first kappa shape index (κ1) is 7.27. The molecular formula is C8H12OSi2. The second-order valence-electron chi connectivity index (χ2n) is 3.50. The van der Waals surface area contributed by atoms with Crippen LogP contribution < -0.4 is 10.4 Å². The van der Waals surface area contributed by atoms with E-state index in [-0.39, 0.29) is 0 Å². The Morgan fingerprint density at radius 1 is 1.18 bits per heavy atom. The summed E-state index contributed by atoms with van der Waals surface area (Å²) in [5.74, 6) is 0. The van der Waals surface area contributed by atoms with E-state index >= 15 is 0 Å². The predicted molar refractivity (Wildman–Crippen MR) is 52.8 cm³/mol. The van der Waals surface area contributed by atoms with E-state index < -0.39 is 18.1 Å². The number of hydrogen-bond donors (Lipinski definition) is 0. The molecule has 0 saturated heterocycles. The molecule has 58 valence electrons. The average molecular weight is 180 g/mol. The summed E-state index contributed by atoms with van der Waals surface area (Å²) >= 11 is 0. The lowest BCUT2D eigenvalue weighted by Crippen LogP contribution is -2.44. The minimum Gasteiger partial charge on any atom is -0.453 e. The molecule has 0 amide bonds. The molecule has 0 N–H and O–H groups in total. The molecule has 1 nitrogen and oxygen atoms in total. The Morgan fingerprint density at radius 3 is 2.45 bits per heavy atom. The van der Waals surface area contributed by atoms with Gasteiger partial charge in [-0.1, -0.05) is 24.3 Å². The Kier molecular flexibility index (Phi) is 1.52. The lowest BCUT2D eigenvalue weighted by molar-refractivity contribution is 0.618. The van der Waals surface area contributed by atoms with Crippen molar-refractivity contribution in [1.29, 1.82) is 0 Å². The van der Waals surface area contributed by atoms with Crippen LogP contribution in [0.1, 0.15) is 0 Å². The molecule has 2 heterocycles. The van der Waals surface area contributed by atoms with Crippen molar-refractivity contribution in [3.8, 4) is 0 Å². The Labute approximate surface area is 70.5 Å². The summed E-state index contributed by atoms with van der Waals surface area (Å²) in [5.41, 5.74) is 0. The zero-order chi connectivity index (χ0) is 7.90. The molecule has 1 aromatic carbocycles. The van der Waals surface area contributed by atoms with Crippen LogP contribution in [-0.2, 0) is 4.12 Å². The van der Waals surface area contributed by atoms with Crippen molar-refractivity contribution in [1.82, 2.24) is 0 Å². The second-order valence-corrected chi connectivity index (χ2v) is 9.35. The molecule has 0 radical (unpaired) electrons. The normalized spacial score (nSPS) is 22.0. The quantitative estimate of drug-likeness (QED) is 0.504. The molecule has 11 heavy (non-hydrogen) atoms. The number of fused-ring (bicyclic) bond motifs is 4. The van der Waals surface area contributed by atoms with Crippen molar-refractivity contribution in [2.45, 2.75) is 13.1 Å². The standard InChI is InChI=1S/C8H12OSi2/c1-11(2)8-5-3-7(4-6-8)10-9-11/h3-6H,10H2,1-2H3. The molecule has 3 rings (SSSR count). The van der Waals surface area contributed by atoms with Crippen LogP contribution in [0, 0.1) is 0 Å². The fraction of sp³-hybridized carbons (Fsp3) is 0.250. The fourth-order valence-corrected chi connectivity index (χ4v) is 5.52. The largest absolute Gasteiger partial charge is 0.453 e. The number of rotatable bonds is 0. The third-order valence-electron chi connectivity index (χ3n) is 2.25. The van der Waals surface area contributed by atoms with E-state index in [2.05, 4.69) is 37.4 Å². The highest BCUT2D eigenvalue weighted by Gasteiger charge is 2.26. The highest BCUT2D eigenvalue weighted by molar-refractivity contribution is 6.88. The van der Waals surface area contributed by atoms with Gasteiger partial charge in [-0.15, -0.1) is 0 Å². The van der Waals surface area contributed by atoms with Crippen LogP contribution in [0.25, 0.3) is 0 Å². The van der Waals surface area contributed by atoms with E-state index in [9.17, 15) is 0 Å². The van der Waals surface area contributed by atoms with Gasteiger partial charge in [-0.3, -0.25) is 0 Å². The number of hydrogen-bond acceptors (Lipinski definition) is 1. The van der Waals surface area contributed by atoms with E-state index in [1.54, 1.807) is 0 Å². The topological polar surface area (TPSA) is 9.23 Å². The van der Waals surface area contributed by atoms with Crippen LogP contribution in [0.3, 0.4) is 0 Å². The molecule has 0 fully saturated rings. The average Bonchev–Trinajstić information content (AvgIpc) is 2.21. The molecule has 2 aliphatic rings. The van der Waals surface area contributed by atoms with E-state index in [4.69, 9.17) is 4.12 Å². The highest BCUT2D eigenvalue weighted by Crippen LogP contribution is 2.06. The molecule has 0 spiro atoms. The Balaban J connectivity index is 2.53. The third-order valence-corrected chi connectivity index (χ3v) is 8.24. The van der Waals surface area contributed by atoms with Gasteiger partial charge in [0.15, 0.2) is 9.76 Å². The van der Waals surface area contributed by atoms with Crippen molar-refractivity contribution in [3.05, 3.63) is 24.3 Å². The Hall–Kier alpha value is -0.386. The summed E-state index contributed by atoms with van der Waals surface area (Å²) in [5, 5.41) is 2.87. The molecule has 0 aromatic heterocycles. The molecule has 2 aliphatic heterocycles. The van der Waals surface area contributed by atoms with Gasteiger partial charge in [-0.2, -0.15) is 0 Å². The maximum atomic E-state index is 5.96. The molecule has 2 bridgehead atoms. The summed E-state index contributed by atoms with van der Waals surface area (Å²) in [6.07, 6.45) is 0. The smallest absolute Gasteiger partial charge is 0.205 e. The first-order chi connectivity index (χ1) is 5.18. The van der Waals surface area contributed by atoms with Gasteiger partial charge >= 0.3 is 0 Å². The Bertz CT molecular complexity index is 266. The van der Waals surface area contributed by atoms with Gasteiger partial charge in [0.25, 0.3) is 0 Å². The van der Waals surface area contributed by atoms with Crippen LogP contribution in [-0.4, -0.2) is 18.1 Å². The number of benzene rings is 1. The van der Waals surface area contributed by atoms with Crippen molar-refractivity contribution in [2.24, 2.45) is 0 Å². The van der Waals surface area contributed by atoms with E-state index in [0.717, 1.165) is 0 Å².